The Morgan fingerprint density at radius 2 is 2.07 bits per heavy atom. The number of carbonyl (C=O) groups excluding carboxylic acids is 1. The van der Waals surface area contributed by atoms with Crippen LogP contribution in [0.15, 0.2) is 0 Å². The van der Waals surface area contributed by atoms with Gasteiger partial charge in [-0.2, -0.15) is 5.10 Å². The van der Waals surface area contributed by atoms with E-state index in [0.29, 0.717) is 18.3 Å². The van der Waals surface area contributed by atoms with Gasteiger partial charge in [-0.3, -0.25) is 9.48 Å². The van der Waals surface area contributed by atoms with Gasteiger partial charge in [-0.1, -0.05) is 20.8 Å². The minimum absolute atomic E-state index is 0.278. The number of aromatic nitrogens is 2. The van der Waals surface area contributed by atoms with Crippen molar-refractivity contribution in [3.63, 3.8) is 0 Å². The fourth-order valence-electron chi connectivity index (χ4n) is 2.34. The van der Waals surface area contributed by atoms with Gasteiger partial charge in [0.2, 0.25) is 0 Å². The first-order valence-corrected chi connectivity index (χ1v) is 5.59. The molecule has 0 saturated heterocycles. The zero-order chi connectivity index (χ0) is 11.2. The third-order valence-electron chi connectivity index (χ3n) is 3.09. The van der Waals surface area contributed by atoms with Gasteiger partial charge < -0.3 is 0 Å². The molecular formula is C12H18N2O. The van der Waals surface area contributed by atoms with Crippen molar-refractivity contribution in [1.29, 1.82) is 0 Å². The maximum Gasteiger partial charge on any atom is 0.166 e. The van der Waals surface area contributed by atoms with Gasteiger partial charge in [-0.25, -0.2) is 0 Å². The van der Waals surface area contributed by atoms with Gasteiger partial charge in [-0.15, -0.1) is 0 Å². The number of fused-ring (bicyclic) bond motifs is 1. The fourth-order valence-corrected chi connectivity index (χ4v) is 2.34. The minimum Gasteiger partial charge on any atom is -0.294 e. The molecule has 1 aromatic heterocycles. The van der Waals surface area contributed by atoms with E-state index in [9.17, 15) is 4.79 Å². The van der Waals surface area contributed by atoms with E-state index in [1.54, 1.807) is 0 Å². The molecular weight excluding hydrogens is 188 g/mol. The van der Waals surface area contributed by atoms with Crippen molar-refractivity contribution >= 4 is 5.78 Å². The fraction of sp³-hybridized carbons (Fsp3) is 0.667. The van der Waals surface area contributed by atoms with Gasteiger partial charge in [0.25, 0.3) is 0 Å². The molecule has 15 heavy (non-hydrogen) atoms. The zero-order valence-corrected chi connectivity index (χ0v) is 9.87. The van der Waals surface area contributed by atoms with Gasteiger partial charge in [0.15, 0.2) is 5.78 Å². The highest BCUT2D eigenvalue weighted by Gasteiger charge is 2.30. The number of Topliss-reactive ketones (excluding diaryl/α,β-unsaturated/α-hetero) is 1. The summed E-state index contributed by atoms with van der Waals surface area (Å²) >= 11 is 0. The van der Waals surface area contributed by atoms with Crippen LogP contribution in [0.5, 0.6) is 0 Å². The molecule has 82 valence electrons. The Morgan fingerprint density at radius 1 is 1.40 bits per heavy atom. The summed E-state index contributed by atoms with van der Waals surface area (Å²) in [6.45, 7) is 6.31. The Hall–Kier alpha value is -1.12. The molecule has 0 bridgehead atoms. The summed E-state index contributed by atoms with van der Waals surface area (Å²) in [6, 6.07) is 0. The van der Waals surface area contributed by atoms with Gasteiger partial charge in [0.05, 0.1) is 11.3 Å². The van der Waals surface area contributed by atoms with Crippen LogP contribution >= 0.6 is 0 Å². The number of hydrogen-bond donors (Lipinski definition) is 0. The van der Waals surface area contributed by atoms with Crippen molar-refractivity contribution in [2.75, 3.05) is 0 Å². The molecule has 0 aromatic carbocycles. The highest BCUT2D eigenvalue weighted by atomic mass is 16.1. The normalized spacial score (nSPS) is 20.9. The summed E-state index contributed by atoms with van der Waals surface area (Å²) in [7, 11) is 1.94. The maximum absolute atomic E-state index is 12.0. The SMILES string of the molecule is CC1CC(=O)c2c(C(C)C)nn(C)c2C1. The molecule has 2 rings (SSSR count). The van der Waals surface area contributed by atoms with Crippen molar-refractivity contribution in [3.05, 3.63) is 17.0 Å². The quantitative estimate of drug-likeness (QED) is 0.706. The van der Waals surface area contributed by atoms with Crippen LogP contribution < -0.4 is 0 Å². The number of ketones is 1. The monoisotopic (exact) mass is 206 g/mol. The van der Waals surface area contributed by atoms with Crippen LogP contribution in [0.4, 0.5) is 0 Å². The second kappa shape index (κ2) is 3.47. The molecule has 3 nitrogen and oxygen atoms in total. The Labute approximate surface area is 90.5 Å². The number of carbonyl (C=O) groups is 1. The van der Waals surface area contributed by atoms with Crippen molar-refractivity contribution < 1.29 is 4.79 Å². The Balaban J connectivity index is 2.56. The van der Waals surface area contributed by atoms with Crippen LogP contribution in [0, 0.1) is 5.92 Å². The van der Waals surface area contributed by atoms with Gasteiger partial charge in [-0.05, 0) is 18.3 Å². The molecule has 1 heterocycles. The highest BCUT2D eigenvalue weighted by molar-refractivity contribution is 5.99. The van der Waals surface area contributed by atoms with Crippen LogP contribution in [-0.4, -0.2) is 15.6 Å². The first-order valence-electron chi connectivity index (χ1n) is 5.59. The van der Waals surface area contributed by atoms with Gasteiger partial charge >= 0.3 is 0 Å². The van der Waals surface area contributed by atoms with Crippen LogP contribution in [0.1, 0.15) is 54.9 Å². The molecule has 0 aliphatic heterocycles. The van der Waals surface area contributed by atoms with Crippen LogP contribution in [0.25, 0.3) is 0 Å². The number of hydrogen-bond acceptors (Lipinski definition) is 2. The third kappa shape index (κ3) is 1.60. The first-order chi connectivity index (χ1) is 7.00. The predicted octanol–water partition coefficient (Wildman–Crippen LogP) is 2.31. The molecule has 1 aliphatic carbocycles. The van der Waals surface area contributed by atoms with Crippen molar-refractivity contribution in [1.82, 2.24) is 9.78 Å². The van der Waals surface area contributed by atoms with Crippen molar-refractivity contribution in [3.8, 4) is 0 Å². The molecule has 1 aromatic rings. The predicted molar refractivity (Wildman–Crippen MR) is 59.1 cm³/mol. The molecule has 3 heteroatoms. The van der Waals surface area contributed by atoms with Gasteiger partial charge in [0.1, 0.15) is 0 Å². The lowest BCUT2D eigenvalue weighted by molar-refractivity contribution is 0.0951. The van der Waals surface area contributed by atoms with E-state index in [1.807, 2.05) is 11.7 Å². The van der Waals surface area contributed by atoms with E-state index in [1.165, 1.54) is 0 Å². The first kappa shape index (κ1) is 10.4. The zero-order valence-electron chi connectivity index (χ0n) is 9.87. The van der Waals surface area contributed by atoms with Crippen LogP contribution in [0.3, 0.4) is 0 Å². The standard InChI is InChI=1S/C12H18N2O/c1-7(2)12-11-9(14(4)13-12)5-8(3)6-10(11)15/h7-8H,5-6H2,1-4H3. The lowest BCUT2D eigenvalue weighted by Gasteiger charge is -2.18. The summed E-state index contributed by atoms with van der Waals surface area (Å²) in [5.41, 5.74) is 3.01. The summed E-state index contributed by atoms with van der Waals surface area (Å²) in [5.74, 6) is 1.07. The molecule has 1 unspecified atom stereocenters. The van der Waals surface area contributed by atoms with E-state index in [0.717, 1.165) is 23.4 Å². The van der Waals surface area contributed by atoms with Crippen LogP contribution in [0.2, 0.25) is 0 Å². The van der Waals surface area contributed by atoms with E-state index in [2.05, 4.69) is 25.9 Å². The van der Waals surface area contributed by atoms with E-state index >= 15 is 0 Å². The largest absolute Gasteiger partial charge is 0.294 e. The Bertz CT molecular complexity index is 404. The molecule has 0 N–H and O–H groups in total. The van der Waals surface area contributed by atoms with Gasteiger partial charge in [0, 0.05) is 19.2 Å². The van der Waals surface area contributed by atoms with Crippen molar-refractivity contribution in [2.24, 2.45) is 13.0 Å². The van der Waals surface area contributed by atoms with Crippen molar-refractivity contribution in [2.45, 2.75) is 39.5 Å². The molecule has 0 saturated carbocycles. The molecule has 0 fully saturated rings. The Kier molecular flexibility index (Phi) is 2.41. The average molecular weight is 206 g/mol. The molecule has 0 radical (unpaired) electrons. The summed E-state index contributed by atoms with van der Waals surface area (Å²) in [4.78, 5) is 12.0. The number of nitrogens with zero attached hydrogens (tertiary/aromatic N) is 2. The summed E-state index contributed by atoms with van der Waals surface area (Å²) in [6.07, 6.45) is 1.66. The lowest BCUT2D eigenvalue weighted by Crippen LogP contribution is -2.19. The second-order valence-electron chi connectivity index (χ2n) is 4.92. The molecule has 0 amide bonds. The number of aryl methyl sites for hydroxylation is 1. The van der Waals surface area contributed by atoms with E-state index in [4.69, 9.17) is 0 Å². The topological polar surface area (TPSA) is 34.9 Å². The molecule has 1 atom stereocenters. The van der Waals surface area contributed by atoms with Crippen LogP contribution in [-0.2, 0) is 13.5 Å². The maximum atomic E-state index is 12.0. The summed E-state index contributed by atoms with van der Waals surface area (Å²) < 4.78 is 1.89. The summed E-state index contributed by atoms with van der Waals surface area (Å²) in [5, 5.41) is 4.47. The second-order valence-corrected chi connectivity index (χ2v) is 4.92. The Morgan fingerprint density at radius 3 is 2.67 bits per heavy atom. The highest BCUT2D eigenvalue weighted by Crippen LogP contribution is 2.30. The van der Waals surface area contributed by atoms with E-state index < -0.39 is 0 Å². The molecule has 0 spiro atoms. The minimum atomic E-state index is 0.278. The smallest absolute Gasteiger partial charge is 0.166 e. The number of rotatable bonds is 1. The molecule has 1 aliphatic rings. The third-order valence-corrected chi connectivity index (χ3v) is 3.09. The average Bonchev–Trinajstić information content (AvgIpc) is 2.44. The lowest BCUT2D eigenvalue weighted by atomic mass is 9.85. The van der Waals surface area contributed by atoms with E-state index in [-0.39, 0.29) is 5.78 Å².